The minimum absolute atomic E-state index is 0.320. The zero-order valence-corrected chi connectivity index (χ0v) is 8.96. The normalized spacial score (nSPS) is 13.2. The fraction of sp³-hybridized carbons (Fsp3) is 0.600. The Kier molecular flexibility index (Phi) is 2.93. The molecular formula is C10H16N2O2. The predicted octanol–water partition coefficient (Wildman–Crippen LogP) is 2.03. The highest BCUT2D eigenvalue weighted by Gasteiger charge is 2.19. The molecule has 0 aliphatic rings. The van der Waals surface area contributed by atoms with Crippen molar-refractivity contribution in [1.82, 2.24) is 9.97 Å². The molecular weight excluding hydrogens is 180 g/mol. The number of nitrogens with zero attached hydrogens (tertiary/aromatic N) is 1. The van der Waals surface area contributed by atoms with Crippen molar-refractivity contribution < 1.29 is 9.90 Å². The number of rotatable bonds is 3. The fourth-order valence-electron chi connectivity index (χ4n) is 1.38. The number of aliphatic carboxylic acids is 1. The molecule has 0 bridgehead atoms. The van der Waals surface area contributed by atoms with Gasteiger partial charge in [0.1, 0.15) is 11.7 Å². The summed E-state index contributed by atoms with van der Waals surface area (Å²) in [6.45, 7) is 7.63. The molecule has 1 rings (SSSR count). The van der Waals surface area contributed by atoms with E-state index in [0.717, 1.165) is 11.4 Å². The molecule has 0 saturated heterocycles. The lowest BCUT2D eigenvalue weighted by Gasteiger charge is -2.01. The number of carboxylic acid groups (broad SMARTS) is 1. The van der Waals surface area contributed by atoms with Crippen LogP contribution in [-0.2, 0) is 4.79 Å². The molecule has 4 nitrogen and oxygen atoms in total. The molecule has 0 amide bonds. The van der Waals surface area contributed by atoms with E-state index in [0.29, 0.717) is 11.7 Å². The first-order chi connectivity index (χ1) is 6.43. The van der Waals surface area contributed by atoms with Gasteiger partial charge >= 0.3 is 5.97 Å². The number of H-pyrrole nitrogens is 1. The first-order valence-electron chi connectivity index (χ1n) is 4.72. The number of hydrogen-bond acceptors (Lipinski definition) is 2. The van der Waals surface area contributed by atoms with Crippen molar-refractivity contribution in [2.75, 3.05) is 0 Å². The topological polar surface area (TPSA) is 66.0 Å². The van der Waals surface area contributed by atoms with E-state index in [-0.39, 0.29) is 0 Å². The van der Waals surface area contributed by atoms with Gasteiger partial charge in [0.2, 0.25) is 0 Å². The van der Waals surface area contributed by atoms with Crippen LogP contribution >= 0.6 is 0 Å². The number of aromatic amines is 1. The van der Waals surface area contributed by atoms with E-state index in [1.54, 1.807) is 6.92 Å². The third-order valence-corrected chi connectivity index (χ3v) is 2.27. The lowest BCUT2D eigenvalue weighted by Crippen LogP contribution is -2.09. The van der Waals surface area contributed by atoms with Crippen LogP contribution in [0.15, 0.2) is 0 Å². The van der Waals surface area contributed by atoms with Crippen LogP contribution in [0.5, 0.6) is 0 Å². The summed E-state index contributed by atoms with van der Waals surface area (Å²) in [6, 6.07) is 0. The third kappa shape index (κ3) is 1.95. The summed E-state index contributed by atoms with van der Waals surface area (Å²) in [6.07, 6.45) is 0. The first kappa shape index (κ1) is 10.8. The summed E-state index contributed by atoms with van der Waals surface area (Å²) < 4.78 is 0. The Labute approximate surface area is 83.4 Å². The molecule has 4 heteroatoms. The van der Waals surface area contributed by atoms with Crippen LogP contribution in [-0.4, -0.2) is 21.0 Å². The number of hydrogen-bond donors (Lipinski definition) is 2. The summed E-state index contributed by atoms with van der Waals surface area (Å²) in [5.74, 6) is -0.560. The molecule has 1 aromatic heterocycles. The van der Waals surface area contributed by atoms with Gasteiger partial charge in [-0.2, -0.15) is 0 Å². The number of nitrogens with one attached hydrogen (secondary N) is 1. The maximum absolute atomic E-state index is 10.7. The second kappa shape index (κ2) is 3.82. The van der Waals surface area contributed by atoms with Gasteiger partial charge in [0.15, 0.2) is 0 Å². The Morgan fingerprint density at radius 1 is 1.43 bits per heavy atom. The molecule has 0 aliphatic carbocycles. The van der Waals surface area contributed by atoms with Gasteiger partial charge < -0.3 is 10.1 Å². The Bertz CT molecular complexity index is 342. The molecule has 0 radical (unpaired) electrons. The smallest absolute Gasteiger partial charge is 0.313 e. The van der Waals surface area contributed by atoms with Gasteiger partial charge in [0.25, 0.3) is 0 Å². The number of carboxylic acids is 1. The summed E-state index contributed by atoms with van der Waals surface area (Å²) in [5, 5.41) is 8.81. The van der Waals surface area contributed by atoms with Crippen molar-refractivity contribution in [2.24, 2.45) is 0 Å². The minimum atomic E-state index is -0.853. The molecule has 2 N–H and O–H groups in total. The molecule has 14 heavy (non-hydrogen) atoms. The molecule has 0 spiro atoms. The van der Waals surface area contributed by atoms with Crippen LogP contribution in [0.25, 0.3) is 0 Å². The van der Waals surface area contributed by atoms with Gasteiger partial charge in [-0.05, 0) is 19.8 Å². The Balaban J connectivity index is 3.02. The molecule has 1 heterocycles. The second-order valence-corrected chi connectivity index (χ2v) is 3.85. The quantitative estimate of drug-likeness (QED) is 0.777. The summed E-state index contributed by atoms with van der Waals surface area (Å²) in [7, 11) is 0. The summed E-state index contributed by atoms with van der Waals surface area (Å²) in [5.41, 5.74) is 1.91. The van der Waals surface area contributed by atoms with Crippen molar-refractivity contribution in [3.63, 3.8) is 0 Å². The van der Waals surface area contributed by atoms with Crippen LogP contribution in [0, 0.1) is 6.92 Å². The van der Waals surface area contributed by atoms with Gasteiger partial charge in [-0.1, -0.05) is 13.8 Å². The van der Waals surface area contributed by atoms with Crippen molar-refractivity contribution in [3.05, 3.63) is 17.2 Å². The number of imidazole rings is 1. The SMILES string of the molecule is Cc1[nH]c(C(C)C(=O)O)nc1C(C)C. The largest absolute Gasteiger partial charge is 0.481 e. The molecule has 78 valence electrons. The molecule has 0 saturated carbocycles. The minimum Gasteiger partial charge on any atom is -0.481 e. The molecule has 1 atom stereocenters. The van der Waals surface area contributed by atoms with Crippen molar-refractivity contribution in [3.8, 4) is 0 Å². The molecule has 0 aromatic carbocycles. The van der Waals surface area contributed by atoms with Crippen molar-refractivity contribution in [1.29, 1.82) is 0 Å². The van der Waals surface area contributed by atoms with Crippen LogP contribution in [0.4, 0.5) is 0 Å². The summed E-state index contributed by atoms with van der Waals surface area (Å²) in [4.78, 5) is 18.0. The highest BCUT2D eigenvalue weighted by Crippen LogP contribution is 2.20. The highest BCUT2D eigenvalue weighted by atomic mass is 16.4. The maximum atomic E-state index is 10.7. The van der Waals surface area contributed by atoms with Crippen molar-refractivity contribution >= 4 is 5.97 Å². The van der Waals surface area contributed by atoms with E-state index in [2.05, 4.69) is 9.97 Å². The molecule has 0 aliphatic heterocycles. The lowest BCUT2D eigenvalue weighted by molar-refractivity contribution is -0.138. The van der Waals surface area contributed by atoms with Gasteiger partial charge in [-0.3, -0.25) is 4.79 Å². The van der Waals surface area contributed by atoms with E-state index in [1.807, 2.05) is 20.8 Å². The third-order valence-electron chi connectivity index (χ3n) is 2.27. The van der Waals surface area contributed by atoms with Gasteiger partial charge in [0.05, 0.1) is 5.69 Å². The molecule has 1 aromatic rings. The lowest BCUT2D eigenvalue weighted by atomic mass is 10.1. The monoisotopic (exact) mass is 196 g/mol. The van der Waals surface area contributed by atoms with E-state index < -0.39 is 11.9 Å². The van der Waals surface area contributed by atoms with Crippen LogP contribution in [0.3, 0.4) is 0 Å². The van der Waals surface area contributed by atoms with E-state index in [9.17, 15) is 4.79 Å². The first-order valence-corrected chi connectivity index (χ1v) is 4.72. The maximum Gasteiger partial charge on any atom is 0.313 e. The number of aryl methyl sites for hydroxylation is 1. The Hall–Kier alpha value is -1.32. The average Bonchev–Trinajstić information content (AvgIpc) is 2.45. The Morgan fingerprint density at radius 2 is 2.00 bits per heavy atom. The van der Waals surface area contributed by atoms with Gasteiger partial charge in [-0.25, -0.2) is 4.98 Å². The van der Waals surface area contributed by atoms with Gasteiger partial charge in [-0.15, -0.1) is 0 Å². The Morgan fingerprint density at radius 3 is 2.36 bits per heavy atom. The molecule has 0 fully saturated rings. The standard InChI is InChI=1S/C10H16N2O2/c1-5(2)8-7(4)11-9(12-8)6(3)10(13)14/h5-6H,1-4H3,(H,11,12)(H,13,14). The van der Waals surface area contributed by atoms with E-state index >= 15 is 0 Å². The van der Waals surface area contributed by atoms with Crippen LogP contribution < -0.4 is 0 Å². The predicted molar refractivity (Wildman–Crippen MR) is 53.5 cm³/mol. The summed E-state index contributed by atoms with van der Waals surface area (Å²) >= 11 is 0. The highest BCUT2D eigenvalue weighted by molar-refractivity contribution is 5.74. The van der Waals surface area contributed by atoms with E-state index in [4.69, 9.17) is 5.11 Å². The zero-order chi connectivity index (χ0) is 10.9. The average molecular weight is 196 g/mol. The second-order valence-electron chi connectivity index (χ2n) is 3.85. The van der Waals surface area contributed by atoms with Crippen molar-refractivity contribution in [2.45, 2.75) is 39.5 Å². The van der Waals surface area contributed by atoms with Crippen LogP contribution in [0.1, 0.15) is 49.8 Å². The van der Waals surface area contributed by atoms with Gasteiger partial charge in [0, 0.05) is 5.69 Å². The zero-order valence-electron chi connectivity index (χ0n) is 8.96. The number of carbonyl (C=O) groups is 1. The fourth-order valence-corrected chi connectivity index (χ4v) is 1.38. The van der Waals surface area contributed by atoms with Crippen LogP contribution in [0.2, 0.25) is 0 Å². The molecule has 1 unspecified atom stereocenters. The van der Waals surface area contributed by atoms with E-state index in [1.165, 1.54) is 0 Å². The number of aromatic nitrogens is 2.